The van der Waals surface area contributed by atoms with E-state index in [0.29, 0.717) is 22.7 Å². The van der Waals surface area contributed by atoms with Crippen LogP contribution in [0.25, 0.3) is 22.4 Å². The average Bonchev–Trinajstić information content (AvgIpc) is 2.98. The van der Waals surface area contributed by atoms with Crippen LogP contribution in [-0.2, 0) is 7.05 Å². The third-order valence-electron chi connectivity index (χ3n) is 2.45. The summed E-state index contributed by atoms with van der Waals surface area (Å²) in [6.45, 7) is 1.85. The Kier molecular flexibility index (Phi) is 2.37. The molecule has 3 heterocycles. The van der Waals surface area contributed by atoms with Crippen molar-refractivity contribution in [3.63, 3.8) is 0 Å². The summed E-state index contributed by atoms with van der Waals surface area (Å²) in [6, 6.07) is 0. The summed E-state index contributed by atoms with van der Waals surface area (Å²) in [5.41, 5.74) is 6.43. The molecule has 0 radical (unpaired) electrons. The Morgan fingerprint density at radius 3 is 2.83 bits per heavy atom. The van der Waals surface area contributed by atoms with E-state index < -0.39 is 0 Å². The minimum absolute atomic E-state index is 0.416. The molecule has 0 amide bonds. The number of aromatic nitrogens is 5. The maximum absolute atomic E-state index is 5.64. The number of hydrogen-bond acceptors (Lipinski definition) is 7. The van der Waals surface area contributed by atoms with E-state index in [2.05, 4.69) is 20.1 Å². The monoisotopic (exact) mass is 262 g/mol. The number of nitrogens with two attached hydrogens (primary N) is 1. The first-order valence-electron chi connectivity index (χ1n) is 5.20. The lowest BCUT2D eigenvalue weighted by molar-refractivity contribution is 0.432. The maximum atomic E-state index is 5.64. The van der Waals surface area contributed by atoms with Crippen molar-refractivity contribution >= 4 is 16.5 Å². The fourth-order valence-electron chi connectivity index (χ4n) is 1.60. The molecule has 18 heavy (non-hydrogen) atoms. The van der Waals surface area contributed by atoms with Crippen LogP contribution in [0.3, 0.4) is 0 Å². The minimum Gasteiger partial charge on any atom is -0.375 e. The van der Waals surface area contributed by atoms with Gasteiger partial charge in [0.25, 0.3) is 5.89 Å². The van der Waals surface area contributed by atoms with Gasteiger partial charge < -0.3 is 14.8 Å². The fourth-order valence-corrected chi connectivity index (χ4v) is 2.36. The predicted octanol–water partition coefficient (Wildman–Crippen LogP) is 1.48. The molecule has 0 bridgehead atoms. The second kappa shape index (κ2) is 3.91. The zero-order chi connectivity index (χ0) is 12.7. The highest BCUT2D eigenvalue weighted by molar-refractivity contribution is 7.18. The Bertz CT molecular complexity index is 697. The second-order valence-corrected chi connectivity index (χ2v) is 4.78. The van der Waals surface area contributed by atoms with Crippen molar-refractivity contribution in [3.8, 4) is 22.4 Å². The van der Waals surface area contributed by atoms with Crippen molar-refractivity contribution in [2.45, 2.75) is 6.92 Å². The topological polar surface area (TPSA) is 95.7 Å². The summed E-state index contributed by atoms with van der Waals surface area (Å²) in [4.78, 5) is 13.4. The third-order valence-corrected chi connectivity index (χ3v) is 3.43. The Hall–Kier alpha value is -2.22. The number of aryl methyl sites for hydroxylation is 2. The highest BCUT2D eigenvalue weighted by Crippen LogP contribution is 2.30. The molecule has 0 atom stereocenters. The van der Waals surface area contributed by atoms with Crippen molar-refractivity contribution < 1.29 is 4.52 Å². The van der Waals surface area contributed by atoms with Crippen LogP contribution in [0.4, 0.5) is 5.13 Å². The minimum atomic E-state index is 0.416. The lowest BCUT2D eigenvalue weighted by atomic mass is 10.4. The van der Waals surface area contributed by atoms with Crippen LogP contribution >= 0.6 is 11.3 Å². The largest absolute Gasteiger partial charge is 0.375 e. The first kappa shape index (κ1) is 10.9. The molecule has 0 aliphatic heterocycles. The summed E-state index contributed by atoms with van der Waals surface area (Å²) in [7, 11) is 1.87. The molecule has 0 aliphatic rings. The van der Waals surface area contributed by atoms with E-state index in [-0.39, 0.29) is 0 Å². The molecule has 7 nitrogen and oxygen atoms in total. The van der Waals surface area contributed by atoms with Gasteiger partial charge in [0.05, 0.1) is 5.69 Å². The van der Waals surface area contributed by atoms with E-state index >= 15 is 0 Å². The van der Waals surface area contributed by atoms with Crippen molar-refractivity contribution in [1.82, 2.24) is 24.7 Å². The Labute approximate surface area is 106 Å². The average molecular weight is 262 g/mol. The first-order valence-corrected chi connectivity index (χ1v) is 6.01. The molecule has 3 rings (SSSR count). The second-order valence-electron chi connectivity index (χ2n) is 3.75. The summed E-state index contributed by atoms with van der Waals surface area (Å²) >= 11 is 1.33. The van der Waals surface area contributed by atoms with Gasteiger partial charge in [-0.1, -0.05) is 16.5 Å². The summed E-state index contributed by atoms with van der Waals surface area (Å²) < 4.78 is 7.05. The number of nitrogen functional groups attached to an aromatic ring is 1. The summed E-state index contributed by atoms with van der Waals surface area (Å²) in [6.07, 6.45) is 3.50. The molecule has 0 spiro atoms. The summed E-state index contributed by atoms with van der Waals surface area (Å²) in [5, 5.41) is 4.40. The van der Waals surface area contributed by atoms with Crippen LogP contribution in [0.1, 0.15) is 5.69 Å². The Morgan fingerprint density at radius 2 is 2.22 bits per heavy atom. The van der Waals surface area contributed by atoms with Crippen molar-refractivity contribution in [2.75, 3.05) is 5.73 Å². The van der Waals surface area contributed by atoms with Crippen LogP contribution < -0.4 is 5.73 Å². The van der Waals surface area contributed by atoms with Crippen molar-refractivity contribution in [1.29, 1.82) is 0 Å². The SMILES string of the molecule is Cc1nc(N)sc1-c1nc(-c2nccn2C)no1. The van der Waals surface area contributed by atoms with Crippen LogP contribution in [-0.4, -0.2) is 24.7 Å². The molecule has 0 unspecified atom stereocenters. The van der Waals surface area contributed by atoms with Crippen LogP contribution in [0, 0.1) is 6.92 Å². The molecule has 0 fully saturated rings. The number of imidazole rings is 1. The molecular formula is C10H10N6OS. The molecule has 8 heteroatoms. The molecule has 3 aromatic heterocycles. The number of thiazole rings is 1. The van der Waals surface area contributed by atoms with Crippen LogP contribution in [0.15, 0.2) is 16.9 Å². The van der Waals surface area contributed by atoms with Crippen molar-refractivity contribution in [3.05, 3.63) is 18.1 Å². The summed E-state index contributed by atoms with van der Waals surface area (Å²) in [5.74, 6) is 1.52. The molecule has 0 saturated carbocycles. The van der Waals surface area contributed by atoms with Gasteiger partial charge in [0, 0.05) is 19.4 Å². The standard InChI is InChI=1S/C10H10N6OS/c1-5-6(18-10(11)13-5)9-14-7(15-17-9)8-12-3-4-16(8)2/h3-4H,1-2H3,(H2,11,13). The number of hydrogen-bond donors (Lipinski definition) is 1. The smallest absolute Gasteiger partial charge is 0.270 e. The van der Waals surface area contributed by atoms with E-state index in [1.807, 2.05) is 24.7 Å². The van der Waals surface area contributed by atoms with Crippen LogP contribution in [0.5, 0.6) is 0 Å². The van der Waals surface area contributed by atoms with Gasteiger partial charge in [-0.15, -0.1) is 0 Å². The lowest BCUT2D eigenvalue weighted by Gasteiger charge is -1.92. The quantitative estimate of drug-likeness (QED) is 0.751. The van der Waals surface area contributed by atoms with Gasteiger partial charge in [-0.05, 0) is 6.92 Å². The predicted molar refractivity (Wildman–Crippen MR) is 66.8 cm³/mol. The Morgan fingerprint density at radius 1 is 1.39 bits per heavy atom. The van der Waals surface area contributed by atoms with E-state index in [1.165, 1.54) is 11.3 Å². The zero-order valence-corrected chi connectivity index (χ0v) is 10.6. The zero-order valence-electron chi connectivity index (χ0n) is 9.78. The van der Waals surface area contributed by atoms with Gasteiger partial charge in [-0.3, -0.25) is 0 Å². The van der Waals surface area contributed by atoms with Gasteiger partial charge in [0.1, 0.15) is 4.88 Å². The van der Waals surface area contributed by atoms with E-state index in [0.717, 1.165) is 10.6 Å². The Balaban J connectivity index is 2.05. The molecule has 2 N–H and O–H groups in total. The number of nitrogens with zero attached hydrogens (tertiary/aromatic N) is 5. The highest BCUT2D eigenvalue weighted by Gasteiger charge is 2.17. The van der Waals surface area contributed by atoms with Gasteiger partial charge in [-0.2, -0.15) is 4.98 Å². The van der Waals surface area contributed by atoms with E-state index in [1.54, 1.807) is 6.20 Å². The molecule has 0 aliphatic carbocycles. The van der Waals surface area contributed by atoms with Crippen molar-refractivity contribution in [2.24, 2.45) is 7.05 Å². The van der Waals surface area contributed by atoms with Gasteiger partial charge in [0.15, 0.2) is 11.0 Å². The molecule has 3 aromatic rings. The van der Waals surface area contributed by atoms with Gasteiger partial charge in [0.2, 0.25) is 5.82 Å². The lowest BCUT2D eigenvalue weighted by Crippen LogP contribution is -1.92. The van der Waals surface area contributed by atoms with E-state index in [9.17, 15) is 0 Å². The maximum Gasteiger partial charge on any atom is 0.270 e. The normalized spacial score (nSPS) is 11.0. The van der Waals surface area contributed by atoms with Gasteiger partial charge >= 0.3 is 0 Å². The number of rotatable bonds is 2. The van der Waals surface area contributed by atoms with Crippen LogP contribution in [0.2, 0.25) is 0 Å². The fraction of sp³-hybridized carbons (Fsp3) is 0.200. The highest BCUT2D eigenvalue weighted by atomic mass is 32.1. The molecular weight excluding hydrogens is 252 g/mol. The first-order chi connectivity index (χ1) is 8.65. The molecule has 0 aromatic carbocycles. The van der Waals surface area contributed by atoms with E-state index in [4.69, 9.17) is 10.3 Å². The third kappa shape index (κ3) is 1.66. The molecule has 0 saturated heterocycles. The van der Waals surface area contributed by atoms with Gasteiger partial charge in [-0.25, -0.2) is 9.97 Å². The number of anilines is 1. The molecule has 92 valence electrons.